The molecular weight excluding hydrogens is 284 g/mol. The van der Waals surface area contributed by atoms with Crippen LogP contribution in [0.25, 0.3) is 10.4 Å². The molecule has 3 N–H and O–H groups in total. The molecule has 0 saturated heterocycles. The van der Waals surface area contributed by atoms with Crippen molar-refractivity contribution in [1.82, 2.24) is 0 Å². The van der Waals surface area contributed by atoms with Gasteiger partial charge in [0.1, 0.15) is 11.6 Å². The fraction of sp³-hybridized carbons (Fsp3) is 0.214. The summed E-state index contributed by atoms with van der Waals surface area (Å²) in [5.74, 6) is -2.09. The van der Waals surface area contributed by atoms with E-state index < -0.39 is 23.6 Å². The van der Waals surface area contributed by atoms with Crippen LogP contribution in [0.2, 0.25) is 0 Å². The molecule has 1 aromatic carbocycles. The number of halogens is 2. The summed E-state index contributed by atoms with van der Waals surface area (Å²) in [5, 5.41) is 10.7. The van der Waals surface area contributed by atoms with E-state index in [2.05, 4.69) is 0 Å². The predicted molar refractivity (Wildman–Crippen MR) is 73.6 cm³/mol. The molecule has 1 atom stereocenters. The summed E-state index contributed by atoms with van der Waals surface area (Å²) in [7, 11) is 0. The summed E-state index contributed by atoms with van der Waals surface area (Å²) in [6.45, 7) is 1.54. The number of nitrogens with two attached hydrogens (primary N) is 1. The maximum absolute atomic E-state index is 14.0. The van der Waals surface area contributed by atoms with Crippen molar-refractivity contribution in [3.05, 3.63) is 46.3 Å². The first-order valence-electron chi connectivity index (χ1n) is 5.93. The summed E-state index contributed by atoms with van der Waals surface area (Å²) >= 11 is 1.05. The molecule has 106 valence electrons. The minimum absolute atomic E-state index is 0.172. The SMILES string of the molecule is CC(O)Cc1cc(F)c(-c2cc(C(N)=O)cs2)c(F)c1. The van der Waals surface area contributed by atoms with Gasteiger partial charge >= 0.3 is 0 Å². The lowest BCUT2D eigenvalue weighted by Gasteiger charge is -2.08. The third-order valence-electron chi connectivity index (χ3n) is 2.76. The zero-order chi connectivity index (χ0) is 14.9. The van der Waals surface area contributed by atoms with Crippen LogP contribution < -0.4 is 5.73 Å². The summed E-state index contributed by atoms with van der Waals surface area (Å²) in [4.78, 5) is 11.3. The molecule has 20 heavy (non-hydrogen) atoms. The van der Waals surface area contributed by atoms with Crippen molar-refractivity contribution in [2.24, 2.45) is 5.73 Å². The molecule has 2 aromatic rings. The van der Waals surface area contributed by atoms with Gasteiger partial charge in [-0.25, -0.2) is 8.78 Å². The molecule has 1 amide bonds. The molecule has 0 radical (unpaired) electrons. The van der Waals surface area contributed by atoms with Crippen LogP contribution in [-0.4, -0.2) is 17.1 Å². The molecule has 0 aliphatic carbocycles. The molecule has 1 heterocycles. The van der Waals surface area contributed by atoms with Gasteiger partial charge in [0, 0.05) is 10.3 Å². The first-order valence-corrected chi connectivity index (χ1v) is 6.81. The first kappa shape index (κ1) is 14.6. The van der Waals surface area contributed by atoms with E-state index in [1.54, 1.807) is 6.92 Å². The number of hydrogen-bond acceptors (Lipinski definition) is 3. The molecule has 0 fully saturated rings. The second-order valence-electron chi connectivity index (χ2n) is 4.55. The topological polar surface area (TPSA) is 63.3 Å². The van der Waals surface area contributed by atoms with Crippen molar-refractivity contribution in [3.63, 3.8) is 0 Å². The van der Waals surface area contributed by atoms with Crippen molar-refractivity contribution in [3.8, 4) is 10.4 Å². The van der Waals surface area contributed by atoms with Crippen molar-refractivity contribution in [2.45, 2.75) is 19.4 Å². The molecule has 2 rings (SSSR count). The Balaban J connectivity index is 2.43. The summed E-state index contributed by atoms with van der Waals surface area (Å²) in [5.41, 5.74) is 5.53. The fourth-order valence-corrected chi connectivity index (χ4v) is 2.86. The van der Waals surface area contributed by atoms with Crippen LogP contribution in [0.1, 0.15) is 22.8 Å². The quantitative estimate of drug-likeness (QED) is 0.911. The van der Waals surface area contributed by atoms with E-state index >= 15 is 0 Å². The van der Waals surface area contributed by atoms with E-state index in [0.29, 0.717) is 10.4 Å². The van der Waals surface area contributed by atoms with Crippen LogP contribution in [0.3, 0.4) is 0 Å². The molecule has 3 nitrogen and oxygen atoms in total. The van der Waals surface area contributed by atoms with Crippen molar-refractivity contribution >= 4 is 17.2 Å². The van der Waals surface area contributed by atoms with E-state index in [0.717, 1.165) is 11.3 Å². The van der Waals surface area contributed by atoms with Gasteiger partial charge in [-0.15, -0.1) is 11.3 Å². The molecule has 6 heteroatoms. The number of primary amides is 1. The van der Waals surface area contributed by atoms with Gasteiger partial charge in [-0.05, 0) is 37.1 Å². The van der Waals surface area contributed by atoms with Crippen molar-refractivity contribution < 1.29 is 18.7 Å². The number of thiophene rings is 1. The van der Waals surface area contributed by atoms with Gasteiger partial charge in [0.25, 0.3) is 0 Å². The number of carbonyl (C=O) groups is 1. The van der Waals surface area contributed by atoms with Gasteiger partial charge in [-0.2, -0.15) is 0 Å². The van der Waals surface area contributed by atoms with Crippen LogP contribution in [-0.2, 0) is 6.42 Å². The Bertz CT molecular complexity index is 629. The highest BCUT2D eigenvalue weighted by Gasteiger charge is 2.17. The van der Waals surface area contributed by atoms with E-state index in [1.165, 1.54) is 23.6 Å². The predicted octanol–water partition coefficient (Wildman–Crippen LogP) is 2.72. The molecule has 0 spiro atoms. The van der Waals surface area contributed by atoms with Gasteiger partial charge in [0.15, 0.2) is 0 Å². The summed E-state index contributed by atoms with van der Waals surface area (Å²) in [6.07, 6.45) is -0.506. The lowest BCUT2D eigenvalue weighted by molar-refractivity contribution is 0.100. The minimum atomic E-state index is -0.724. The Labute approximate surface area is 118 Å². The third kappa shape index (κ3) is 3.02. The number of hydrogen-bond donors (Lipinski definition) is 2. The number of benzene rings is 1. The lowest BCUT2D eigenvalue weighted by atomic mass is 10.0. The van der Waals surface area contributed by atoms with Gasteiger partial charge in [0.05, 0.1) is 17.2 Å². The molecule has 0 aliphatic heterocycles. The average molecular weight is 297 g/mol. The van der Waals surface area contributed by atoms with E-state index in [1.807, 2.05) is 0 Å². The average Bonchev–Trinajstić information content (AvgIpc) is 2.76. The zero-order valence-corrected chi connectivity index (χ0v) is 11.5. The van der Waals surface area contributed by atoms with Gasteiger partial charge in [0.2, 0.25) is 5.91 Å². The van der Waals surface area contributed by atoms with Crippen LogP contribution in [0.15, 0.2) is 23.6 Å². The maximum Gasteiger partial charge on any atom is 0.249 e. The highest BCUT2D eigenvalue weighted by molar-refractivity contribution is 7.13. The number of carbonyl (C=O) groups excluding carboxylic acids is 1. The Hall–Kier alpha value is -1.79. The smallest absolute Gasteiger partial charge is 0.249 e. The molecule has 1 aromatic heterocycles. The number of aliphatic hydroxyl groups excluding tert-OH is 1. The van der Waals surface area contributed by atoms with Gasteiger partial charge < -0.3 is 10.8 Å². The van der Waals surface area contributed by atoms with Crippen molar-refractivity contribution in [2.75, 3.05) is 0 Å². The number of aliphatic hydroxyl groups is 1. The first-order chi connectivity index (χ1) is 9.38. The summed E-state index contributed by atoms with van der Waals surface area (Å²) in [6, 6.07) is 3.74. The monoisotopic (exact) mass is 297 g/mol. The number of rotatable bonds is 4. The van der Waals surface area contributed by atoms with Crippen LogP contribution in [0.5, 0.6) is 0 Å². The van der Waals surface area contributed by atoms with Gasteiger partial charge in [-0.1, -0.05) is 0 Å². The van der Waals surface area contributed by atoms with Crippen molar-refractivity contribution in [1.29, 1.82) is 0 Å². The van der Waals surface area contributed by atoms with E-state index in [-0.39, 0.29) is 17.5 Å². The van der Waals surface area contributed by atoms with Crippen LogP contribution in [0.4, 0.5) is 8.78 Å². The largest absolute Gasteiger partial charge is 0.393 e. The van der Waals surface area contributed by atoms with Crippen LogP contribution in [0, 0.1) is 11.6 Å². The fourth-order valence-electron chi connectivity index (χ4n) is 1.92. The molecule has 0 bridgehead atoms. The molecular formula is C14H13F2NO2S. The summed E-state index contributed by atoms with van der Waals surface area (Å²) < 4.78 is 28.1. The normalized spacial score (nSPS) is 12.4. The maximum atomic E-state index is 14.0. The lowest BCUT2D eigenvalue weighted by Crippen LogP contribution is -2.09. The zero-order valence-electron chi connectivity index (χ0n) is 10.7. The standard InChI is InChI=1S/C14H13F2NO2S/c1-7(18)2-8-3-10(15)13(11(16)4-8)12-5-9(6-20-12)14(17)19/h3-7,18H,2H2,1H3,(H2,17,19). The van der Waals surface area contributed by atoms with Crippen LogP contribution >= 0.6 is 11.3 Å². The highest BCUT2D eigenvalue weighted by Crippen LogP contribution is 2.32. The Morgan fingerprint density at radius 1 is 1.35 bits per heavy atom. The molecule has 0 saturated carbocycles. The Kier molecular flexibility index (Phi) is 4.15. The number of amides is 1. The second-order valence-corrected chi connectivity index (χ2v) is 5.46. The second kappa shape index (κ2) is 5.68. The van der Waals surface area contributed by atoms with E-state index in [9.17, 15) is 18.7 Å². The Morgan fingerprint density at radius 2 is 1.95 bits per heavy atom. The molecule has 0 aliphatic rings. The van der Waals surface area contributed by atoms with E-state index in [4.69, 9.17) is 5.73 Å². The van der Waals surface area contributed by atoms with Gasteiger partial charge in [-0.3, -0.25) is 4.79 Å². The Morgan fingerprint density at radius 3 is 2.40 bits per heavy atom. The third-order valence-corrected chi connectivity index (χ3v) is 3.71. The minimum Gasteiger partial charge on any atom is -0.393 e. The molecule has 1 unspecified atom stereocenters. The highest BCUT2D eigenvalue weighted by atomic mass is 32.1.